The summed E-state index contributed by atoms with van der Waals surface area (Å²) in [6.45, 7) is 4.77. The lowest BCUT2D eigenvalue weighted by Crippen LogP contribution is -2.29. The van der Waals surface area contributed by atoms with Gasteiger partial charge in [-0.25, -0.2) is 4.99 Å². The molecule has 0 aliphatic carbocycles. The summed E-state index contributed by atoms with van der Waals surface area (Å²) in [6.07, 6.45) is 0. The highest BCUT2D eigenvalue weighted by molar-refractivity contribution is 8.19. The first kappa shape index (κ1) is 33.4. The standard InChI is InChI=1S/C34H41N7O3S2/c1-7-35-26-15-13-24(36-30(42)22-39(4)5)19-27(26)37-34-41(21-23-11-9-8-10-12-23)32(43)31(46-34)33-40(6)28-20-25(14-16-29(28)45-33)44-18-17-38(2)3/h8-16,19-20,35H,7,17-18,21-22H2,1-6H3,(H,36,42)/b33-31-,37-34?. The fourth-order valence-electron chi connectivity index (χ4n) is 4.92. The first-order valence-corrected chi connectivity index (χ1v) is 16.8. The molecule has 10 nitrogen and oxygen atoms in total. The van der Waals surface area contributed by atoms with Crippen LogP contribution in [0.5, 0.6) is 5.75 Å². The highest BCUT2D eigenvalue weighted by Crippen LogP contribution is 2.51. The van der Waals surface area contributed by atoms with E-state index < -0.39 is 0 Å². The van der Waals surface area contributed by atoms with Crippen LogP contribution in [0.25, 0.3) is 0 Å². The number of carbonyl (C=O) groups excluding carboxylic acids is 2. The van der Waals surface area contributed by atoms with Gasteiger partial charge in [-0.15, -0.1) is 0 Å². The molecule has 0 aromatic heterocycles. The maximum atomic E-state index is 14.2. The van der Waals surface area contributed by atoms with Crippen molar-refractivity contribution in [2.75, 3.05) is 77.0 Å². The lowest BCUT2D eigenvalue weighted by atomic mass is 10.2. The van der Waals surface area contributed by atoms with E-state index in [1.54, 1.807) is 16.7 Å². The molecule has 0 spiro atoms. The molecule has 2 heterocycles. The number of aliphatic imine (C=N–C) groups is 1. The van der Waals surface area contributed by atoms with Gasteiger partial charge in [-0.05, 0) is 82.8 Å². The minimum absolute atomic E-state index is 0.0994. The highest BCUT2D eigenvalue weighted by Gasteiger charge is 2.39. The number of amidine groups is 1. The molecule has 1 saturated heterocycles. The number of benzene rings is 3. The third-order valence-corrected chi connectivity index (χ3v) is 9.61. The lowest BCUT2D eigenvalue weighted by Gasteiger charge is -2.18. The molecule has 2 aliphatic heterocycles. The largest absolute Gasteiger partial charge is 0.492 e. The predicted molar refractivity (Wildman–Crippen MR) is 191 cm³/mol. The van der Waals surface area contributed by atoms with Gasteiger partial charge in [-0.2, -0.15) is 0 Å². The third-order valence-electron chi connectivity index (χ3n) is 7.18. The molecule has 0 saturated carbocycles. The zero-order valence-corrected chi connectivity index (χ0v) is 28.8. The van der Waals surface area contributed by atoms with Crippen LogP contribution >= 0.6 is 23.5 Å². The first-order chi connectivity index (χ1) is 22.1. The molecular weight excluding hydrogens is 619 g/mol. The van der Waals surface area contributed by atoms with E-state index >= 15 is 0 Å². The average Bonchev–Trinajstić information content (AvgIpc) is 3.49. The van der Waals surface area contributed by atoms with Crippen molar-refractivity contribution in [2.24, 2.45) is 4.99 Å². The fourth-order valence-corrected chi connectivity index (χ4v) is 7.23. The van der Waals surface area contributed by atoms with Gasteiger partial charge in [0.2, 0.25) is 5.91 Å². The van der Waals surface area contributed by atoms with Gasteiger partial charge in [0.1, 0.15) is 17.3 Å². The zero-order valence-electron chi connectivity index (χ0n) is 27.2. The van der Waals surface area contributed by atoms with Crippen molar-refractivity contribution in [3.63, 3.8) is 0 Å². The Labute approximate surface area is 279 Å². The molecule has 5 rings (SSSR count). The lowest BCUT2D eigenvalue weighted by molar-refractivity contribution is -0.122. The van der Waals surface area contributed by atoms with Crippen LogP contribution in [0, 0.1) is 0 Å². The smallest absolute Gasteiger partial charge is 0.269 e. The summed E-state index contributed by atoms with van der Waals surface area (Å²) in [6, 6.07) is 21.6. The van der Waals surface area contributed by atoms with Crippen LogP contribution in [0.1, 0.15) is 12.5 Å². The van der Waals surface area contributed by atoms with Crippen molar-refractivity contribution in [2.45, 2.75) is 18.4 Å². The van der Waals surface area contributed by atoms with Crippen LogP contribution in [-0.4, -0.2) is 93.2 Å². The van der Waals surface area contributed by atoms with E-state index in [0.29, 0.717) is 41.1 Å². The second-order valence-corrected chi connectivity index (χ2v) is 13.5. The number of hydrogen-bond donors (Lipinski definition) is 2. The van der Waals surface area contributed by atoms with Gasteiger partial charge in [-0.1, -0.05) is 42.1 Å². The summed E-state index contributed by atoms with van der Waals surface area (Å²) in [5, 5.41) is 7.76. The Kier molecular flexibility index (Phi) is 10.9. The van der Waals surface area contributed by atoms with Crippen LogP contribution in [0.4, 0.5) is 22.7 Å². The summed E-state index contributed by atoms with van der Waals surface area (Å²) >= 11 is 2.95. The van der Waals surface area contributed by atoms with E-state index in [1.165, 1.54) is 11.8 Å². The van der Waals surface area contributed by atoms with Gasteiger partial charge >= 0.3 is 0 Å². The molecule has 0 bridgehead atoms. The van der Waals surface area contributed by atoms with Crippen LogP contribution < -0.4 is 20.3 Å². The summed E-state index contributed by atoms with van der Waals surface area (Å²) in [4.78, 5) is 41.2. The highest BCUT2D eigenvalue weighted by atomic mass is 32.2. The monoisotopic (exact) mass is 659 g/mol. The van der Waals surface area contributed by atoms with Gasteiger partial charge in [0.05, 0.1) is 35.2 Å². The Bertz CT molecular complexity index is 1640. The Morgan fingerprint density at radius 2 is 1.76 bits per heavy atom. The Morgan fingerprint density at radius 3 is 2.48 bits per heavy atom. The molecule has 3 aromatic carbocycles. The molecule has 12 heteroatoms. The molecule has 2 amide bonds. The number of fused-ring (bicyclic) bond motifs is 1. The fraction of sp³-hybridized carbons (Fsp3) is 0.324. The van der Waals surface area contributed by atoms with E-state index in [-0.39, 0.29) is 18.4 Å². The molecular formula is C34H41N7O3S2. The number of anilines is 3. The number of carbonyl (C=O) groups is 2. The van der Waals surface area contributed by atoms with Gasteiger partial charge in [0.25, 0.3) is 5.91 Å². The summed E-state index contributed by atoms with van der Waals surface area (Å²) in [7, 11) is 9.73. The van der Waals surface area contributed by atoms with Crippen LogP contribution in [0.15, 0.2) is 86.6 Å². The molecule has 0 radical (unpaired) electrons. The molecule has 0 atom stereocenters. The quantitative estimate of drug-likeness (QED) is 0.237. The molecule has 0 unspecified atom stereocenters. The number of hydrogen-bond acceptors (Lipinski definition) is 10. The van der Waals surface area contributed by atoms with Gasteiger partial charge in [0.15, 0.2) is 5.17 Å². The second kappa shape index (κ2) is 15.1. The van der Waals surface area contributed by atoms with Crippen molar-refractivity contribution in [3.8, 4) is 5.75 Å². The van der Waals surface area contributed by atoms with Crippen LogP contribution in [0.3, 0.4) is 0 Å². The van der Waals surface area contributed by atoms with E-state index in [1.807, 2.05) is 108 Å². The second-order valence-electron chi connectivity index (χ2n) is 11.5. The SMILES string of the molecule is CCNc1ccc(NC(=O)CN(C)C)cc1N=C1S/C(=C2\Sc3ccc(OCCN(C)C)cc3N2C)C(=O)N1Cc1ccccc1. The minimum atomic E-state index is -0.116. The average molecular weight is 660 g/mol. The molecule has 242 valence electrons. The maximum Gasteiger partial charge on any atom is 0.269 e. The summed E-state index contributed by atoms with van der Waals surface area (Å²) < 4.78 is 5.99. The van der Waals surface area contributed by atoms with E-state index in [4.69, 9.17) is 9.73 Å². The van der Waals surface area contributed by atoms with E-state index in [9.17, 15) is 9.59 Å². The van der Waals surface area contributed by atoms with Gasteiger partial charge in [-0.3, -0.25) is 14.5 Å². The number of ether oxygens (including phenoxy) is 1. The molecule has 1 fully saturated rings. The topological polar surface area (TPSA) is 92.7 Å². The van der Waals surface area contributed by atoms with Crippen molar-refractivity contribution in [1.29, 1.82) is 0 Å². The molecule has 2 N–H and O–H groups in total. The van der Waals surface area contributed by atoms with Crippen molar-refractivity contribution < 1.29 is 14.3 Å². The molecule has 3 aromatic rings. The summed E-state index contributed by atoms with van der Waals surface area (Å²) in [5.74, 6) is 0.582. The Balaban J connectivity index is 1.50. The number of likely N-dealkylation sites (N-methyl/N-ethyl adjacent to an activating group) is 2. The number of nitrogens with one attached hydrogen (secondary N) is 2. The van der Waals surface area contributed by atoms with Gasteiger partial charge in [0, 0.05) is 36.8 Å². The minimum Gasteiger partial charge on any atom is -0.492 e. The van der Waals surface area contributed by atoms with Gasteiger partial charge < -0.3 is 30.1 Å². The van der Waals surface area contributed by atoms with Crippen LogP contribution in [0.2, 0.25) is 0 Å². The number of rotatable bonds is 12. The number of nitrogens with zero attached hydrogens (tertiary/aromatic N) is 5. The van der Waals surface area contributed by atoms with Crippen molar-refractivity contribution in [1.82, 2.24) is 14.7 Å². The van der Waals surface area contributed by atoms with Crippen LogP contribution in [-0.2, 0) is 16.1 Å². The van der Waals surface area contributed by atoms with Crippen molar-refractivity contribution >= 4 is 63.3 Å². The Hall–Kier alpha value is -3.97. The normalized spacial score (nSPS) is 17.0. The Morgan fingerprint density at radius 1 is 0.978 bits per heavy atom. The molecule has 46 heavy (non-hydrogen) atoms. The maximum absolute atomic E-state index is 14.2. The third kappa shape index (κ3) is 8.05. The van der Waals surface area contributed by atoms with Crippen molar-refractivity contribution in [3.05, 3.63) is 82.2 Å². The predicted octanol–water partition coefficient (Wildman–Crippen LogP) is 5.73. The summed E-state index contributed by atoms with van der Waals surface area (Å²) in [5.41, 5.74) is 4.09. The number of amides is 2. The van der Waals surface area contributed by atoms with E-state index in [2.05, 4.69) is 26.5 Å². The zero-order chi connectivity index (χ0) is 32.8. The number of thioether (sulfide) groups is 2. The molecule has 2 aliphatic rings. The van der Waals surface area contributed by atoms with E-state index in [0.717, 1.165) is 39.2 Å². The first-order valence-electron chi connectivity index (χ1n) is 15.1.